The Bertz CT molecular complexity index is 381. The van der Waals surface area contributed by atoms with Crippen LogP contribution in [-0.2, 0) is 4.79 Å². The van der Waals surface area contributed by atoms with Gasteiger partial charge >= 0.3 is 12.0 Å². The number of urea groups is 1. The number of amides is 2. The molecule has 2 fully saturated rings. The summed E-state index contributed by atoms with van der Waals surface area (Å²) in [5, 5.41) is 12.9. The molecule has 1 aliphatic heterocycles. The molecule has 0 bridgehead atoms. The monoisotopic (exact) mass is 318 g/mol. The maximum Gasteiger partial charge on any atom is 0.327 e. The van der Waals surface area contributed by atoms with E-state index in [1.807, 2.05) is 18.7 Å². The summed E-state index contributed by atoms with van der Waals surface area (Å²) in [5.74, 6) is -0.420. The third-order valence-corrected chi connectivity index (χ3v) is 6.56. The molecule has 0 spiro atoms. The van der Waals surface area contributed by atoms with Crippen LogP contribution in [0.2, 0.25) is 0 Å². The number of thioether (sulfide) groups is 2. The Kier molecular flexibility index (Phi) is 5.49. The smallest absolute Gasteiger partial charge is 0.327 e. The van der Waals surface area contributed by atoms with Crippen LogP contribution >= 0.6 is 23.5 Å². The number of carboxylic acid groups (broad SMARTS) is 1. The van der Waals surface area contributed by atoms with Gasteiger partial charge in [0.15, 0.2) is 0 Å². The zero-order valence-electron chi connectivity index (χ0n) is 11.9. The van der Waals surface area contributed by atoms with E-state index in [1.165, 1.54) is 4.90 Å². The van der Waals surface area contributed by atoms with Crippen molar-refractivity contribution in [2.24, 2.45) is 0 Å². The molecule has 1 heterocycles. The highest BCUT2D eigenvalue weighted by molar-refractivity contribution is 8.00. The van der Waals surface area contributed by atoms with E-state index >= 15 is 0 Å². The average molecular weight is 318 g/mol. The minimum Gasteiger partial charge on any atom is -0.480 e. The van der Waals surface area contributed by atoms with E-state index in [0.29, 0.717) is 11.0 Å². The van der Waals surface area contributed by atoms with Crippen molar-refractivity contribution < 1.29 is 14.7 Å². The van der Waals surface area contributed by atoms with Gasteiger partial charge in [0.2, 0.25) is 0 Å². The van der Waals surface area contributed by atoms with Gasteiger partial charge in [-0.05, 0) is 31.9 Å². The van der Waals surface area contributed by atoms with Crippen LogP contribution in [0.1, 0.15) is 32.6 Å². The van der Waals surface area contributed by atoms with Gasteiger partial charge in [0.05, 0.1) is 5.37 Å². The van der Waals surface area contributed by atoms with Crippen LogP contribution in [0.4, 0.5) is 4.79 Å². The first-order valence-electron chi connectivity index (χ1n) is 7.02. The molecule has 5 nitrogen and oxygen atoms in total. The first kappa shape index (κ1) is 15.8. The van der Waals surface area contributed by atoms with Gasteiger partial charge in [-0.1, -0.05) is 6.92 Å². The highest BCUT2D eigenvalue weighted by atomic mass is 32.2. The lowest BCUT2D eigenvalue weighted by atomic mass is 10.2. The Labute approximate surface area is 128 Å². The molecule has 0 aromatic rings. The van der Waals surface area contributed by atoms with E-state index in [2.05, 4.69) is 11.6 Å². The molecule has 1 aliphatic carbocycles. The number of hydrogen-bond acceptors (Lipinski definition) is 4. The molecular weight excluding hydrogens is 296 g/mol. The van der Waals surface area contributed by atoms with E-state index < -0.39 is 12.0 Å². The van der Waals surface area contributed by atoms with Crippen LogP contribution in [0, 0.1) is 0 Å². The van der Waals surface area contributed by atoms with E-state index in [4.69, 9.17) is 0 Å². The zero-order valence-corrected chi connectivity index (χ0v) is 13.5. The summed E-state index contributed by atoms with van der Waals surface area (Å²) in [6.45, 7) is 1.99. The molecular formula is C13H22N2O3S2. The highest BCUT2D eigenvalue weighted by Crippen LogP contribution is 2.32. The van der Waals surface area contributed by atoms with Gasteiger partial charge in [-0.25, -0.2) is 9.59 Å². The SMILES string of the molecule is CCC1SCC(C(=O)O)N1C(=O)NC1CCC(SC)C1. The lowest BCUT2D eigenvalue weighted by Crippen LogP contribution is -2.52. The van der Waals surface area contributed by atoms with E-state index in [0.717, 1.165) is 25.7 Å². The lowest BCUT2D eigenvalue weighted by molar-refractivity contribution is -0.141. The largest absolute Gasteiger partial charge is 0.480 e. The predicted octanol–water partition coefficient (Wildman–Crippen LogP) is 2.22. The molecule has 20 heavy (non-hydrogen) atoms. The normalized spacial score (nSPS) is 33.4. The fourth-order valence-corrected chi connectivity index (χ4v) is 5.02. The highest BCUT2D eigenvalue weighted by Gasteiger charge is 2.41. The maximum absolute atomic E-state index is 12.4. The van der Waals surface area contributed by atoms with E-state index in [9.17, 15) is 14.7 Å². The number of nitrogens with zero attached hydrogens (tertiary/aromatic N) is 1. The fraction of sp³-hybridized carbons (Fsp3) is 0.846. The van der Waals surface area contributed by atoms with Crippen LogP contribution in [0.5, 0.6) is 0 Å². The van der Waals surface area contributed by atoms with Crippen molar-refractivity contribution in [3.05, 3.63) is 0 Å². The molecule has 2 aliphatic rings. The molecule has 2 amide bonds. The molecule has 2 N–H and O–H groups in total. The van der Waals surface area contributed by atoms with Crippen LogP contribution in [0.15, 0.2) is 0 Å². The number of carboxylic acids is 1. The van der Waals surface area contributed by atoms with Crippen LogP contribution in [-0.4, -0.2) is 56.7 Å². The van der Waals surface area contributed by atoms with Crippen molar-refractivity contribution >= 4 is 35.5 Å². The van der Waals surface area contributed by atoms with Gasteiger partial charge in [0, 0.05) is 17.0 Å². The predicted molar refractivity (Wildman–Crippen MR) is 83.3 cm³/mol. The van der Waals surface area contributed by atoms with Gasteiger partial charge in [0.25, 0.3) is 0 Å². The fourth-order valence-electron chi connectivity index (χ4n) is 2.88. The standard InChI is InChI=1S/C13H22N2O3S2/c1-3-11-15(10(7-20-11)12(16)17)13(18)14-8-4-5-9(6-8)19-2/h8-11H,3-7H2,1-2H3,(H,14,18)(H,16,17). The number of nitrogens with one attached hydrogen (secondary N) is 1. The molecule has 114 valence electrons. The lowest BCUT2D eigenvalue weighted by Gasteiger charge is -2.28. The van der Waals surface area contributed by atoms with Crippen molar-refractivity contribution in [3.8, 4) is 0 Å². The summed E-state index contributed by atoms with van der Waals surface area (Å²) in [6, 6.07) is -0.707. The molecule has 0 radical (unpaired) electrons. The summed E-state index contributed by atoms with van der Waals surface area (Å²) in [6.07, 6.45) is 5.98. The van der Waals surface area contributed by atoms with Crippen molar-refractivity contribution in [1.82, 2.24) is 10.2 Å². The summed E-state index contributed by atoms with van der Waals surface area (Å²) >= 11 is 3.40. The summed E-state index contributed by atoms with van der Waals surface area (Å²) in [5.41, 5.74) is 0. The first-order chi connectivity index (χ1) is 9.56. The van der Waals surface area contributed by atoms with Gasteiger partial charge in [-0.15, -0.1) is 11.8 Å². The first-order valence-corrected chi connectivity index (χ1v) is 9.36. The number of aliphatic carboxylic acids is 1. The molecule has 2 rings (SSSR count). The van der Waals surface area contributed by atoms with Crippen molar-refractivity contribution in [2.75, 3.05) is 12.0 Å². The second-order valence-corrected chi connectivity index (χ2v) is 7.62. The summed E-state index contributed by atoms with van der Waals surface area (Å²) in [7, 11) is 0. The Morgan fingerprint density at radius 2 is 2.20 bits per heavy atom. The Hall–Kier alpha value is -0.560. The second kappa shape index (κ2) is 6.93. The number of rotatable bonds is 4. The molecule has 0 aromatic carbocycles. The Morgan fingerprint density at radius 3 is 2.75 bits per heavy atom. The second-order valence-electron chi connectivity index (χ2n) is 5.27. The third kappa shape index (κ3) is 3.36. The van der Waals surface area contributed by atoms with Crippen LogP contribution in [0.25, 0.3) is 0 Å². The average Bonchev–Trinajstić information content (AvgIpc) is 3.03. The summed E-state index contributed by atoms with van der Waals surface area (Å²) in [4.78, 5) is 25.2. The van der Waals surface area contributed by atoms with E-state index in [-0.39, 0.29) is 17.4 Å². The number of hydrogen-bond donors (Lipinski definition) is 2. The topological polar surface area (TPSA) is 69.6 Å². The Balaban J connectivity index is 1.97. The van der Waals surface area contributed by atoms with E-state index in [1.54, 1.807) is 11.8 Å². The number of carbonyl (C=O) groups excluding carboxylic acids is 1. The molecule has 1 saturated carbocycles. The third-order valence-electron chi connectivity index (χ3n) is 4.01. The van der Waals surface area contributed by atoms with Crippen molar-refractivity contribution in [3.63, 3.8) is 0 Å². The summed E-state index contributed by atoms with van der Waals surface area (Å²) < 4.78 is 0. The minimum absolute atomic E-state index is 0.0196. The maximum atomic E-state index is 12.4. The number of carbonyl (C=O) groups is 2. The van der Waals surface area contributed by atoms with Gasteiger partial charge < -0.3 is 10.4 Å². The molecule has 0 aromatic heterocycles. The quantitative estimate of drug-likeness (QED) is 0.832. The minimum atomic E-state index is -0.906. The van der Waals surface area contributed by atoms with Crippen molar-refractivity contribution in [2.45, 2.75) is 55.3 Å². The molecule has 7 heteroatoms. The molecule has 1 saturated heterocycles. The van der Waals surface area contributed by atoms with Crippen LogP contribution in [0.3, 0.4) is 0 Å². The van der Waals surface area contributed by atoms with Gasteiger partial charge in [-0.2, -0.15) is 11.8 Å². The molecule has 4 atom stereocenters. The zero-order chi connectivity index (χ0) is 14.7. The van der Waals surface area contributed by atoms with Gasteiger partial charge in [-0.3, -0.25) is 4.90 Å². The van der Waals surface area contributed by atoms with Crippen molar-refractivity contribution in [1.29, 1.82) is 0 Å². The van der Waals surface area contributed by atoms with Gasteiger partial charge in [0.1, 0.15) is 6.04 Å². The molecule has 4 unspecified atom stereocenters. The van der Waals surface area contributed by atoms with Crippen LogP contribution < -0.4 is 5.32 Å². The Morgan fingerprint density at radius 1 is 1.45 bits per heavy atom.